The Balaban J connectivity index is 1.67. The summed E-state index contributed by atoms with van der Waals surface area (Å²) in [5.41, 5.74) is 2.27. The van der Waals surface area contributed by atoms with Crippen molar-refractivity contribution < 1.29 is 9.18 Å². The largest absolute Gasteiger partial charge is 0.345 e. The molecule has 0 bridgehead atoms. The summed E-state index contributed by atoms with van der Waals surface area (Å²) in [6.45, 7) is 2.00. The maximum Gasteiger partial charge on any atom is 0.244 e. The van der Waals surface area contributed by atoms with Crippen molar-refractivity contribution in [3.63, 3.8) is 0 Å². The van der Waals surface area contributed by atoms with Crippen LogP contribution in [0.15, 0.2) is 67.0 Å². The number of hydrogen-bond acceptors (Lipinski definition) is 3. The average Bonchev–Trinajstić information content (AvgIpc) is 3.09. The molecule has 126 valence electrons. The minimum absolute atomic E-state index is 0.237. The van der Waals surface area contributed by atoms with Gasteiger partial charge < -0.3 is 5.32 Å². The Labute approximate surface area is 144 Å². The fourth-order valence-corrected chi connectivity index (χ4v) is 2.41. The first-order valence-corrected chi connectivity index (χ1v) is 7.80. The molecule has 0 aliphatic heterocycles. The van der Waals surface area contributed by atoms with Crippen molar-refractivity contribution in [2.75, 3.05) is 0 Å². The number of aromatic nitrogens is 3. The molecular weight excluding hydrogens is 319 g/mol. The molecule has 0 saturated carbocycles. The molecule has 1 heterocycles. The van der Waals surface area contributed by atoms with Crippen LogP contribution in [0.1, 0.15) is 18.3 Å². The number of benzene rings is 2. The van der Waals surface area contributed by atoms with Crippen LogP contribution in [0.2, 0.25) is 0 Å². The lowest BCUT2D eigenvalue weighted by molar-refractivity contribution is -0.116. The molecule has 1 aromatic heterocycles. The number of carbonyl (C=O) groups is 1. The normalized spacial score (nSPS) is 11.4. The summed E-state index contributed by atoms with van der Waals surface area (Å²) in [4.78, 5) is 12.1. The third kappa shape index (κ3) is 4.17. The van der Waals surface area contributed by atoms with Crippen molar-refractivity contribution in [3.05, 3.63) is 84.2 Å². The van der Waals surface area contributed by atoms with Gasteiger partial charge in [-0.1, -0.05) is 30.3 Å². The van der Waals surface area contributed by atoms with E-state index in [1.54, 1.807) is 25.4 Å². The van der Waals surface area contributed by atoms with E-state index < -0.39 is 0 Å². The van der Waals surface area contributed by atoms with E-state index in [4.69, 9.17) is 0 Å². The van der Waals surface area contributed by atoms with Crippen molar-refractivity contribution in [1.29, 1.82) is 0 Å². The van der Waals surface area contributed by atoms with Crippen molar-refractivity contribution in [3.8, 4) is 5.69 Å². The summed E-state index contributed by atoms with van der Waals surface area (Å²) in [6, 6.07) is 15.8. The van der Waals surface area contributed by atoms with E-state index in [2.05, 4.69) is 15.5 Å². The zero-order valence-electron chi connectivity index (χ0n) is 13.7. The summed E-state index contributed by atoms with van der Waals surface area (Å²) in [5.74, 6) is 0.0161. The third-order valence-corrected chi connectivity index (χ3v) is 3.70. The molecule has 0 spiro atoms. The number of amides is 1. The lowest BCUT2D eigenvalue weighted by atomic mass is 10.1. The number of rotatable bonds is 5. The van der Waals surface area contributed by atoms with Crippen LogP contribution in [-0.2, 0) is 11.3 Å². The Morgan fingerprint density at radius 1 is 1.20 bits per heavy atom. The van der Waals surface area contributed by atoms with Gasteiger partial charge in [0.25, 0.3) is 0 Å². The molecule has 0 atom stereocenters. The topological polar surface area (TPSA) is 59.8 Å². The highest BCUT2D eigenvalue weighted by Gasteiger charge is 2.08. The van der Waals surface area contributed by atoms with Crippen LogP contribution in [0.4, 0.5) is 4.39 Å². The number of allylic oxidation sites excluding steroid dienone is 1. The van der Waals surface area contributed by atoms with E-state index in [-0.39, 0.29) is 18.3 Å². The molecule has 3 rings (SSSR count). The minimum Gasteiger partial charge on any atom is -0.345 e. The van der Waals surface area contributed by atoms with Crippen LogP contribution < -0.4 is 5.32 Å². The van der Waals surface area contributed by atoms with E-state index in [1.807, 2.05) is 34.9 Å². The van der Waals surface area contributed by atoms with Crippen LogP contribution in [0.3, 0.4) is 0 Å². The van der Waals surface area contributed by atoms with Gasteiger partial charge in [-0.15, -0.1) is 10.2 Å². The maximum atomic E-state index is 13.3. The summed E-state index contributed by atoms with van der Waals surface area (Å²) < 4.78 is 15.1. The second kappa shape index (κ2) is 7.53. The van der Waals surface area contributed by atoms with E-state index in [0.717, 1.165) is 5.69 Å². The van der Waals surface area contributed by atoms with Crippen LogP contribution in [0.5, 0.6) is 0 Å². The summed E-state index contributed by atoms with van der Waals surface area (Å²) in [6.07, 6.45) is 3.04. The van der Waals surface area contributed by atoms with E-state index in [1.165, 1.54) is 18.2 Å². The number of halogens is 1. The molecule has 3 aromatic rings. The Kier molecular flexibility index (Phi) is 4.99. The van der Waals surface area contributed by atoms with Gasteiger partial charge >= 0.3 is 0 Å². The number of carbonyl (C=O) groups excluding carboxylic acids is 1. The van der Waals surface area contributed by atoms with Crippen molar-refractivity contribution in [2.24, 2.45) is 0 Å². The zero-order chi connectivity index (χ0) is 17.6. The number of para-hydroxylation sites is 1. The van der Waals surface area contributed by atoms with Gasteiger partial charge in [0.05, 0.1) is 6.54 Å². The Bertz CT molecular complexity index is 903. The van der Waals surface area contributed by atoms with Crippen LogP contribution in [-0.4, -0.2) is 20.7 Å². The van der Waals surface area contributed by atoms with E-state index in [0.29, 0.717) is 17.0 Å². The fraction of sp³-hybridized carbons (Fsp3) is 0.105. The van der Waals surface area contributed by atoms with Gasteiger partial charge in [-0.05, 0) is 42.3 Å². The molecule has 0 saturated heterocycles. The van der Waals surface area contributed by atoms with Crippen LogP contribution in [0, 0.1) is 5.82 Å². The molecule has 6 heteroatoms. The summed E-state index contributed by atoms with van der Waals surface area (Å²) >= 11 is 0. The van der Waals surface area contributed by atoms with Gasteiger partial charge in [-0.3, -0.25) is 9.36 Å². The first-order chi connectivity index (χ1) is 12.1. The van der Waals surface area contributed by atoms with Crippen molar-refractivity contribution in [1.82, 2.24) is 20.1 Å². The minimum atomic E-state index is -0.332. The Morgan fingerprint density at radius 2 is 2.00 bits per heavy atom. The van der Waals surface area contributed by atoms with Gasteiger partial charge in [0.2, 0.25) is 5.91 Å². The van der Waals surface area contributed by atoms with Crippen LogP contribution >= 0.6 is 0 Å². The van der Waals surface area contributed by atoms with Crippen molar-refractivity contribution in [2.45, 2.75) is 13.5 Å². The molecule has 1 N–H and O–H groups in total. The van der Waals surface area contributed by atoms with Gasteiger partial charge in [-0.25, -0.2) is 4.39 Å². The number of nitrogens with one attached hydrogen (secondary N) is 1. The molecule has 0 fully saturated rings. The molecule has 0 radical (unpaired) electrons. The average molecular weight is 336 g/mol. The standard InChI is InChI=1S/C19H17FN4O/c1-14(15-6-5-7-16(20)11-15)10-19(25)21-12-18-23-22-13-24(18)17-8-3-2-4-9-17/h2-11,13H,12H2,1H3,(H,21,25)/b14-10+. The molecule has 25 heavy (non-hydrogen) atoms. The molecule has 0 unspecified atom stereocenters. The monoisotopic (exact) mass is 336 g/mol. The van der Waals surface area contributed by atoms with Gasteiger partial charge in [0.15, 0.2) is 5.82 Å². The smallest absolute Gasteiger partial charge is 0.244 e. The quantitative estimate of drug-likeness (QED) is 0.728. The first kappa shape index (κ1) is 16.6. The lowest BCUT2D eigenvalue weighted by Gasteiger charge is -2.07. The maximum absolute atomic E-state index is 13.3. The van der Waals surface area contributed by atoms with E-state index in [9.17, 15) is 9.18 Å². The molecule has 2 aromatic carbocycles. The van der Waals surface area contributed by atoms with Gasteiger partial charge in [-0.2, -0.15) is 0 Å². The predicted octanol–water partition coefficient (Wildman–Crippen LogP) is 3.13. The predicted molar refractivity (Wildman–Crippen MR) is 93.3 cm³/mol. The summed E-state index contributed by atoms with van der Waals surface area (Å²) in [7, 11) is 0. The number of hydrogen-bond donors (Lipinski definition) is 1. The molecule has 5 nitrogen and oxygen atoms in total. The highest BCUT2D eigenvalue weighted by molar-refractivity contribution is 5.94. The van der Waals surface area contributed by atoms with Gasteiger partial charge in [0, 0.05) is 11.8 Å². The van der Waals surface area contributed by atoms with Gasteiger partial charge in [0.1, 0.15) is 12.1 Å². The van der Waals surface area contributed by atoms with Crippen molar-refractivity contribution >= 4 is 11.5 Å². The SMILES string of the molecule is C/C(=C\C(=O)NCc1nncn1-c1ccccc1)c1cccc(F)c1. The molecule has 0 aliphatic carbocycles. The fourth-order valence-electron chi connectivity index (χ4n) is 2.41. The Morgan fingerprint density at radius 3 is 2.76 bits per heavy atom. The second-order valence-electron chi connectivity index (χ2n) is 5.51. The number of nitrogens with zero attached hydrogens (tertiary/aromatic N) is 3. The summed E-state index contributed by atoms with van der Waals surface area (Å²) in [5, 5.41) is 10.7. The molecular formula is C19H17FN4O. The zero-order valence-corrected chi connectivity index (χ0v) is 13.7. The Hall–Kier alpha value is -3.28. The highest BCUT2D eigenvalue weighted by Crippen LogP contribution is 2.14. The molecule has 1 amide bonds. The lowest BCUT2D eigenvalue weighted by Crippen LogP contribution is -2.22. The van der Waals surface area contributed by atoms with Crippen LogP contribution in [0.25, 0.3) is 11.3 Å². The van der Waals surface area contributed by atoms with E-state index >= 15 is 0 Å². The highest BCUT2D eigenvalue weighted by atomic mass is 19.1. The molecule has 0 aliphatic rings. The third-order valence-electron chi connectivity index (χ3n) is 3.70. The second-order valence-corrected chi connectivity index (χ2v) is 5.51. The first-order valence-electron chi connectivity index (χ1n) is 7.80.